The lowest BCUT2D eigenvalue weighted by atomic mass is 10.1. The van der Waals surface area contributed by atoms with Gasteiger partial charge in [-0.25, -0.2) is 18.4 Å². The highest BCUT2D eigenvalue weighted by atomic mass is 32.2. The maximum Gasteiger partial charge on any atom is 0.434 e. The number of halogens is 6. The molecule has 14 heteroatoms. The zero-order chi connectivity index (χ0) is 27.7. The first-order valence-corrected chi connectivity index (χ1v) is 12.0. The van der Waals surface area contributed by atoms with Gasteiger partial charge in [0.2, 0.25) is 0 Å². The van der Waals surface area contributed by atoms with E-state index >= 15 is 0 Å². The van der Waals surface area contributed by atoms with E-state index in [1.54, 1.807) is 0 Å². The molecular formula is C23H20F6N2O4S2. The minimum Gasteiger partial charge on any atom is -0.464 e. The molecule has 0 saturated heterocycles. The number of hydrogen-bond acceptors (Lipinski definition) is 8. The fourth-order valence-electron chi connectivity index (χ4n) is 2.65. The van der Waals surface area contributed by atoms with Gasteiger partial charge in [-0.1, -0.05) is 60.7 Å². The maximum absolute atomic E-state index is 13.8. The highest BCUT2D eigenvalue weighted by Crippen LogP contribution is 2.44. The molecule has 0 bridgehead atoms. The molecule has 0 N–H and O–H groups in total. The van der Waals surface area contributed by atoms with Crippen LogP contribution in [0.4, 0.5) is 26.3 Å². The third-order valence-electron chi connectivity index (χ3n) is 4.25. The molecule has 2 aromatic rings. The van der Waals surface area contributed by atoms with E-state index in [1.165, 1.54) is 50.2 Å². The lowest BCUT2D eigenvalue weighted by Crippen LogP contribution is -2.43. The van der Waals surface area contributed by atoms with Crippen molar-refractivity contribution in [1.82, 2.24) is 0 Å². The van der Waals surface area contributed by atoms with Crippen molar-refractivity contribution in [1.29, 1.82) is 0 Å². The summed E-state index contributed by atoms with van der Waals surface area (Å²) in [5.41, 5.74) is -3.78. The molecule has 0 unspecified atom stereocenters. The van der Waals surface area contributed by atoms with Crippen LogP contribution in [0.1, 0.15) is 25.0 Å². The van der Waals surface area contributed by atoms with Crippen LogP contribution in [0.15, 0.2) is 69.5 Å². The molecule has 6 nitrogen and oxygen atoms in total. The van der Waals surface area contributed by atoms with Gasteiger partial charge in [0.25, 0.3) is 4.08 Å². The summed E-state index contributed by atoms with van der Waals surface area (Å²) in [7, 11) is 0. The summed E-state index contributed by atoms with van der Waals surface area (Å²) >= 11 is -0.500. The summed E-state index contributed by atoms with van der Waals surface area (Å²) in [4.78, 5) is 25.8. The summed E-state index contributed by atoms with van der Waals surface area (Å²) in [6, 6.07) is 12.5. The zero-order valence-corrected chi connectivity index (χ0v) is 20.9. The predicted octanol–water partition coefficient (Wildman–Crippen LogP) is 6.21. The number of ether oxygens (including phenoxy) is 2. The monoisotopic (exact) mass is 566 g/mol. The number of nitrogens with zero attached hydrogens (tertiary/aromatic N) is 2. The van der Waals surface area contributed by atoms with Gasteiger partial charge in [0.05, 0.1) is 13.2 Å². The fourth-order valence-corrected chi connectivity index (χ4v) is 4.40. The molecule has 0 aliphatic heterocycles. The van der Waals surface area contributed by atoms with Crippen molar-refractivity contribution < 1.29 is 45.4 Å². The van der Waals surface area contributed by atoms with E-state index in [0.29, 0.717) is 0 Å². The molecule has 200 valence electrons. The average molecular weight is 567 g/mol. The van der Waals surface area contributed by atoms with Crippen LogP contribution in [0.25, 0.3) is 0 Å². The van der Waals surface area contributed by atoms with Crippen LogP contribution in [0, 0.1) is 0 Å². The molecule has 0 aliphatic carbocycles. The van der Waals surface area contributed by atoms with Crippen molar-refractivity contribution in [2.75, 3.05) is 13.2 Å². The Labute approximate surface area is 216 Å². The fraction of sp³-hybridized carbons (Fsp3) is 0.304. The number of carbonyl (C=O) groups excluding carboxylic acids is 2. The summed E-state index contributed by atoms with van der Waals surface area (Å²) in [6.45, 7) is 1.99. The van der Waals surface area contributed by atoms with Crippen LogP contribution in [0.3, 0.4) is 0 Å². The third kappa shape index (κ3) is 7.99. The van der Waals surface area contributed by atoms with Crippen LogP contribution in [0.5, 0.6) is 0 Å². The smallest absolute Gasteiger partial charge is 0.434 e. The minimum absolute atomic E-state index is 0.250. The molecule has 0 heterocycles. The van der Waals surface area contributed by atoms with Gasteiger partial charge in [-0.05, 0) is 13.8 Å². The van der Waals surface area contributed by atoms with Gasteiger partial charge < -0.3 is 9.47 Å². The molecule has 2 rings (SSSR count). The van der Waals surface area contributed by atoms with E-state index in [4.69, 9.17) is 9.47 Å². The standard InChI is InChI=1S/C23H20F6N2O4S2/c1-3-34-19(32)21(20(33)35-4-2,36-30-17(22(24,25)26)15-11-7-5-8-12-15)37-31-18(23(27,28)29)16-13-9-6-10-14-16/h5-14H,3-4H2,1-2H3/b30-17-,31-18+. The Balaban J connectivity index is 2.71. The van der Waals surface area contributed by atoms with Gasteiger partial charge in [0, 0.05) is 35.0 Å². The first-order valence-electron chi connectivity index (χ1n) is 10.5. The van der Waals surface area contributed by atoms with Gasteiger partial charge in [0.15, 0.2) is 11.4 Å². The quantitative estimate of drug-likeness (QED) is 0.0850. The zero-order valence-electron chi connectivity index (χ0n) is 19.3. The van der Waals surface area contributed by atoms with Crippen molar-refractivity contribution >= 4 is 47.3 Å². The molecule has 2 aromatic carbocycles. The molecule has 0 spiro atoms. The number of benzene rings is 2. The molecular weight excluding hydrogens is 546 g/mol. The number of carbonyl (C=O) groups is 2. The van der Waals surface area contributed by atoms with E-state index in [2.05, 4.69) is 8.80 Å². The van der Waals surface area contributed by atoms with Gasteiger partial charge in [-0.3, -0.25) is 0 Å². The van der Waals surface area contributed by atoms with Crippen LogP contribution in [-0.4, -0.2) is 53.0 Å². The van der Waals surface area contributed by atoms with Crippen molar-refractivity contribution in [3.05, 3.63) is 71.8 Å². The number of rotatable bonds is 10. The Kier molecular flexibility index (Phi) is 10.6. The molecule has 0 atom stereocenters. The third-order valence-corrected chi connectivity index (χ3v) is 6.43. The Morgan fingerprint density at radius 3 is 1.27 bits per heavy atom. The Bertz CT molecular complexity index is 1030. The molecule has 37 heavy (non-hydrogen) atoms. The van der Waals surface area contributed by atoms with E-state index < -0.39 is 50.9 Å². The van der Waals surface area contributed by atoms with Crippen molar-refractivity contribution in [2.45, 2.75) is 30.3 Å². The number of hydrogen-bond donors (Lipinski definition) is 0. The number of esters is 2. The van der Waals surface area contributed by atoms with Gasteiger partial charge in [0.1, 0.15) is 0 Å². The SMILES string of the molecule is CCOC(=O)C(S/N=C(/c1ccccc1)C(F)(F)F)(S/N=C(\c1ccccc1)C(F)(F)F)C(=O)OCC. The predicted molar refractivity (Wildman–Crippen MR) is 129 cm³/mol. The van der Waals surface area contributed by atoms with Crippen LogP contribution >= 0.6 is 23.9 Å². The van der Waals surface area contributed by atoms with Crippen molar-refractivity contribution in [3.63, 3.8) is 0 Å². The summed E-state index contributed by atoms with van der Waals surface area (Å²) in [5.74, 6) is -2.97. The first kappa shape index (κ1) is 30.2. The minimum atomic E-state index is -5.04. The Morgan fingerprint density at radius 2 is 1.00 bits per heavy atom. The molecule has 0 fully saturated rings. The lowest BCUT2D eigenvalue weighted by molar-refractivity contribution is -0.154. The van der Waals surface area contributed by atoms with Gasteiger partial charge in [-0.2, -0.15) is 26.3 Å². The average Bonchev–Trinajstić information content (AvgIpc) is 2.83. The van der Waals surface area contributed by atoms with Crippen molar-refractivity contribution in [2.24, 2.45) is 8.80 Å². The molecule has 0 radical (unpaired) electrons. The molecule has 0 saturated carbocycles. The highest BCUT2D eigenvalue weighted by Gasteiger charge is 2.54. The molecule has 0 aliphatic rings. The normalized spacial score (nSPS) is 13.3. The highest BCUT2D eigenvalue weighted by molar-refractivity contribution is 8.19. The maximum atomic E-state index is 13.8. The molecule has 0 amide bonds. The van der Waals surface area contributed by atoms with Gasteiger partial charge >= 0.3 is 24.3 Å². The second-order valence-electron chi connectivity index (χ2n) is 6.85. The summed E-state index contributed by atoms with van der Waals surface area (Å²) in [6.07, 6.45) is -10.1. The Hall–Kier alpha value is -3.00. The van der Waals surface area contributed by atoms with E-state index in [0.717, 1.165) is 24.3 Å². The van der Waals surface area contributed by atoms with Crippen molar-refractivity contribution in [3.8, 4) is 0 Å². The van der Waals surface area contributed by atoms with Crippen LogP contribution in [0.2, 0.25) is 0 Å². The molecule has 0 aromatic heterocycles. The van der Waals surface area contributed by atoms with Crippen LogP contribution < -0.4 is 0 Å². The second kappa shape index (κ2) is 13.0. The van der Waals surface area contributed by atoms with Crippen LogP contribution in [-0.2, 0) is 19.1 Å². The van der Waals surface area contributed by atoms with E-state index in [-0.39, 0.29) is 37.1 Å². The lowest BCUT2D eigenvalue weighted by Gasteiger charge is -2.25. The van der Waals surface area contributed by atoms with E-state index in [1.807, 2.05) is 0 Å². The first-order chi connectivity index (χ1) is 17.4. The Morgan fingerprint density at radius 1 is 0.676 bits per heavy atom. The number of alkyl halides is 6. The van der Waals surface area contributed by atoms with Gasteiger partial charge in [-0.15, -0.1) is 0 Å². The largest absolute Gasteiger partial charge is 0.464 e. The second-order valence-corrected chi connectivity index (χ2v) is 9.06. The summed E-state index contributed by atoms with van der Waals surface area (Å²) < 4.78 is 96.4. The summed E-state index contributed by atoms with van der Waals surface area (Å²) in [5, 5.41) is 0. The topological polar surface area (TPSA) is 77.3 Å². The van der Waals surface area contributed by atoms with E-state index in [9.17, 15) is 35.9 Å².